The minimum absolute atomic E-state index is 1.20. The summed E-state index contributed by atoms with van der Waals surface area (Å²) >= 11 is 1.38. The third-order valence-corrected chi connectivity index (χ3v) is 1.81. The van der Waals surface area contributed by atoms with Crippen molar-refractivity contribution in [1.29, 1.82) is 0 Å². The van der Waals surface area contributed by atoms with E-state index in [1.165, 1.54) is 31.0 Å². The summed E-state index contributed by atoms with van der Waals surface area (Å²) in [5, 5.41) is 0. The van der Waals surface area contributed by atoms with Gasteiger partial charge in [-0.05, 0) is 0 Å². The van der Waals surface area contributed by atoms with Crippen molar-refractivity contribution >= 4 is 31.0 Å². The Kier molecular flexibility index (Phi) is 2.30. The molecule has 1 N–H and O–H groups in total. The van der Waals surface area contributed by atoms with Crippen LogP contribution in [0.5, 0.6) is 0 Å². The van der Waals surface area contributed by atoms with Crippen molar-refractivity contribution in [3.05, 3.63) is 30.3 Å². The summed E-state index contributed by atoms with van der Waals surface area (Å²) in [4.78, 5) is 0. The molecule has 0 atom stereocenters. The van der Waals surface area contributed by atoms with Gasteiger partial charge in [0, 0.05) is 0 Å². The van der Waals surface area contributed by atoms with E-state index in [0.717, 1.165) is 0 Å². The molecular weight excluding hydrogens is 295 g/mol. The van der Waals surface area contributed by atoms with Crippen LogP contribution in [0.15, 0.2) is 30.3 Å². The summed E-state index contributed by atoms with van der Waals surface area (Å²) in [7, 11) is 0. The van der Waals surface area contributed by atoms with Crippen LogP contribution in [0.1, 0.15) is 0 Å². The first-order valence-corrected chi connectivity index (χ1v) is 3.95. The van der Waals surface area contributed by atoms with Gasteiger partial charge in [-0.15, -0.1) is 0 Å². The molecule has 2 heteroatoms. The Balaban J connectivity index is 2.83. The number of rotatable bonds is 1. The molecule has 0 aliphatic carbocycles. The van der Waals surface area contributed by atoms with Crippen LogP contribution in [-0.2, 0) is 0 Å². The summed E-state index contributed by atoms with van der Waals surface area (Å²) in [6.07, 6.45) is 0. The molecule has 0 bridgehead atoms. The molecule has 41 valence electrons. The molecule has 0 aromatic heterocycles. The van der Waals surface area contributed by atoms with Crippen LogP contribution < -0.4 is 3.22 Å². The number of hydrogen-bond donors (Lipinski definition) is 1. The van der Waals surface area contributed by atoms with Crippen molar-refractivity contribution in [1.82, 2.24) is 0 Å². The van der Waals surface area contributed by atoms with Crippen molar-refractivity contribution < 1.29 is 0 Å². The predicted molar refractivity (Wildman–Crippen MR) is 35.8 cm³/mol. The first-order valence-electron chi connectivity index (χ1n) is 2.36. The van der Waals surface area contributed by atoms with Gasteiger partial charge in [0.2, 0.25) is 0 Å². The fourth-order valence-corrected chi connectivity index (χ4v) is 1.04. The van der Waals surface area contributed by atoms with Crippen molar-refractivity contribution in [3.63, 3.8) is 0 Å². The van der Waals surface area contributed by atoms with Crippen LogP contribution in [0.25, 0.3) is 0 Å². The molecular formula is C6H6NPo. The number of para-hydroxylation sites is 1. The van der Waals surface area contributed by atoms with E-state index >= 15 is 0 Å². The van der Waals surface area contributed by atoms with Gasteiger partial charge in [0.05, 0.1) is 0 Å². The third-order valence-electron chi connectivity index (χ3n) is 0.892. The Morgan fingerprint density at radius 3 is 2.12 bits per heavy atom. The second kappa shape index (κ2) is 3.04. The Labute approximate surface area is 64.6 Å². The van der Waals surface area contributed by atoms with E-state index in [0.29, 0.717) is 0 Å². The minimum atomic E-state index is 1.20. The zero-order valence-electron chi connectivity index (χ0n) is 4.29. The standard InChI is InChI=1S/C6H6N.Po/c7-6-4-2-1-3-5-6;/h1-5,7H;/q-1;+1. The predicted octanol–water partition coefficient (Wildman–Crippen LogP) is 1.18. The molecule has 0 saturated carbocycles. The molecule has 0 aliphatic rings. The summed E-state index contributed by atoms with van der Waals surface area (Å²) < 4.78 is 3.11. The second-order valence-electron chi connectivity index (χ2n) is 1.47. The maximum absolute atomic E-state index is 3.11. The monoisotopic (exact) mass is 301 g/mol. The Morgan fingerprint density at radius 1 is 1.12 bits per heavy atom. The fourth-order valence-electron chi connectivity index (χ4n) is 0.506. The molecule has 8 heavy (non-hydrogen) atoms. The van der Waals surface area contributed by atoms with Gasteiger partial charge < -0.3 is 0 Å². The van der Waals surface area contributed by atoms with E-state index in [9.17, 15) is 0 Å². The van der Waals surface area contributed by atoms with Gasteiger partial charge in [-0.1, -0.05) is 0 Å². The van der Waals surface area contributed by atoms with Crippen LogP contribution >= 0.6 is 0 Å². The molecule has 1 aromatic carbocycles. The topological polar surface area (TPSA) is 12.0 Å². The molecule has 0 fully saturated rings. The van der Waals surface area contributed by atoms with Crippen LogP contribution in [0, 0.1) is 0 Å². The van der Waals surface area contributed by atoms with Crippen LogP contribution in [0.3, 0.4) is 0 Å². The SMILES string of the molecule is [Po][NH]c1ccccc1. The van der Waals surface area contributed by atoms with Crippen molar-refractivity contribution in [2.24, 2.45) is 0 Å². The molecule has 0 saturated heterocycles. The van der Waals surface area contributed by atoms with Crippen molar-refractivity contribution in [2.75, 3.05) is 3.22 Å². The summed E-state index contributed by atoms with van der Waals surface area (Å²) in [6, 6.07) is 10.1. The third kappa shape index (κ3) is 1.45. The van der Waals surface area contributed by atoms with Gasteiger partial charge in [0.15, 0.2) is 0 Å². The van der Waals surface area contributed by atoms with E-state index in [-0.39, 0.29) is 0 Å². The molecule has 0 heterocycles. The average Bonchev–Trinajstić information content (AvgIpc) is 1.90. The molecule has 0 aliphatic heterocycles. The van der Waals surface area contributed by atoms with E-state index < -0.39 is 0 Å². The molecule has 1 aromatic rings. The zero-order valence-corrected chi connectivity index (χ0v) is 7.47. The Bertz CT molecular complexity index is 150. The molecule has 1 rings (SSSR count). The first-order chi connectivity index (χ1) is 3.93. The van der Waals surface area contributed by atoms with Gasteiger partial charge in [-0.25, -0.2) is 0 Å². The van der Waals surface area contributed by atoms with Gasteiger partial charge in [0.1, 0.15) is 0 Å². The normalized spacial score (nSPS) is 8.62. The summed E-state index contributed by atoms with van der Waals surface area (Å²) in [5.41, 5.74) is 1.20. The first kappa shape index (κ1) is 6.04. The number of anilines is 1. The van der Waals surface area contributed by atoms with E-state index in [4.69, 9.17) is 0 Å². The Morgan fingerprint density at radius 2 is 1.75 bits per heavy atom. The summed E-state index contributed by atoms with van der Waals surface area (Å²) in [5.74, 6) is 0. The van der Waals surface area contributed by atoms with Crippen molar-refractivity contribution in [3.8, 4) is 0 Å². The average molecular weight is 301 g/mol. The quantitative estimate of drug-likeness (QED) is 0.821. The van der Waals surface area contributed by atoms with Gasteiger partial charge in [-0.3, -0.25) is 0 Å². The number of hydrogen-bond acceptors (Lipinski definition) is 1. The van der Waals surface area contributed by atoms with E-state index in [2.05, 4.69) is 3.22 Å². The van der Waals surface area contributed by atoms with Gasteiger partial charge in [0.25, 0.3) is 0 Å². The van der Waals surface area contributed by atoms with Crippen LogP contribution in [0.2, 0.25) is 0 Å². The second-order valence-corrected chi connectivity index (χ2v) is 2.26. The Hall–Kier alpha value is -0.0839. The van der Waals surface area contributed by atoms with Gasteiger partial charge >= 0.3 is 64.6 Å². The molecule has 1 radical (unpaired) electrons. The fraction of sp³-hybridized carbons (Fsp3) is 0. The van der Waals surface area contributed by atoms with E-state index in [1.54, 1.807) is 0 Å². The maximum atomic E-state index is 3.11. The molecule has 0 spiro atoms. The number of nitrogens with one attached hydrogen (secondary N) is 1. The molecule has 0 amide bonds. The van der Waals surface area contributed by atoms with Crippen LogP contribution in [-0.4, -0.2) is 25.4 Å². The number of benzene rings is 1. The van der Waals surface area contributed by atoms with Gasteiger partial charge in [-0.2, -0.15) is 0 Å². The zero-order chi connectivity index (χ0) is 5.82. The molecule has 1 nitrogen and oxygen atoms in total. The molecule has 0 unspecified atom stereocenters. The van der Waals surface area contributed by atoms with Crippen LogP contribution in [0.4, 0.5) is 5.69 Å². The van der Waals surface area contributed by atoms with E-state index in [1.807, 2.05) is 30.3 Å². The van der Waals surface area contributed by atoms with Crippen molar-refractivity contribution in [2.45, 2.75) is 0 Å². The summed E-state index contributed by atoms with van der Waals surface area (Å²) in [6.45, 7) is 0.